The number of nitro benzene ring substituents is 2. The fourth-order valence-electron chi connectivity index (χ4n) is 2.61. The van der Waals surface area contributed by atoms with E-state index in [-0.39, 0.29) is 18.9 Å². The Morgan fingerprint density at radius 2 is 2.00 bits per heavy atom. The van der Waals surface area contributed by atoms with Gasteiger partial charge in [-0.3, -0.25) is 29.8 Å². The summed E-state index contributed by atoms with van der Waals surface area (Å²) in [7, 11) is 0. The summed E-state index contributed by atoms with van der Waals surface area (Å²) < 4.78 is 0. The van der Waals surface area contributed by atoms with Gasteiger partial charge in [0.25, 0.3) is 11.4 Å². The van der Waals surface area contributed by atoms with E-state index >= 15 is 0 Å². The third-order valence-electron chi connectivity index (χ3n) is 3.77. The van der Waals surface area contributed by atoms with Crippen LogP contribution in [0.3, 0.4) is 0 Å². The normalized spacial score (nSPS) is 15.5. The molecule has 0 aromatic heterocycles. The molecule has 2 amide bonds. The Labute approximate surface area is 135 Å². The van der Waals surface area contributed by atoms with Crippen LogP contribution in [0.25, 0.3) is 0 Å². The van der Waals surface area contributed by atoms with Crippen molar-refractivity contribution in [3.63, 3.8) is 0 Å². The number of non-ortho nitro benzene ring substituents is 1. The number of hydrogen-bond donors (Lipinski definition) is 1. The van der Waals surface area contributed by atoms with Crippen molar-refractivity contribution in [2.45, 2.75) is 19.4 Å². The van der Waals surface area contributed by atoms with Crippen LogP contribution in [0.15, 0.2) is 18.2 Å². The summed E-state index contributed by atoms with van der Waals surface area (Å²) in [5.74, 6) is -1.06. The molecule has 1 fully saturated rings. The lowest BCUT2D eigenvalue weighted by atomic mass is 10.2. The standard InChI is InChI=1S/C13H15N5O6/c1-2-9(13(14)20)16-7-15(6-12(16)19)10-4-3-8(17(21)22)5-11(10)18(23)24/h3-5,9H,2,6-7H2,1H3,(H2,14,20)/t9-/m0/s1. The molecule has 0 unspecified atom stereocenters. The maximum atomic E-state index is 12.1. The van der Waals surface area contributed by atoms with Crippen LogP contribution in [0.4, 0.5) is 17.1 Å². The number of benzene rings is 1. The van der Waals surface area contributed by atoms with Gasteiger partial charge in [0.1, 0.15) is 11.7 Å². The van der Waals surface area contributed by atoms with Crippen LogP contribution in [-0.4, -0.2) is 45.8 Å². The number of carbonyl (C=O) groups is 2. The zero-order chi connectivity index (χ0) is 18.0. The summed E-state index contributed by atoms with van der Waals surface area (Å²) in [6.45, 7) is 1.46. The van der Waals surface area contributed by atoms with Crippen molar-refractivity contribution in [1.82, 2.24) is 4.90 Å². The molecule has 0 bridgehead atoms. The molecule has 1 atom stereocenters. The van der Waals surface area contributed by atoms with Gasteiger partial charge in [0.2, 0.25) is 11.8 Å². The number of primary amides is 1. The number of hydrogen-bond acceptors (Lipinski definition) is 7. The lowest BCUT2D eigenvalue weighted by Gasteiger charge is -2.24. The molecule has 1 aliphatic heterocycles. The summed E-state index contributed by atoms with van der Waals surface area (Å²) in [5, 5.41) is 22.0. The molecular formula is C13H15N5O6. The van der Waals surface area contributed by atoms with Crippen molar-refractivity contribution in [3.05, 3.63) is 38.4 Å². The molecule has 2 N–H and O–H groups in total. The minimum Gasteiger partial charge on any atom is -0.368 e. The van der Waals surface area contributed by atoms with Gasteiger partial charge in [-0.1, -0.05) is 6.92 Å². The highest BCUT2D eigenvalue weighted by Crippen LogP contribution is 2.33. The maximum absolute atomic E-state index is 12.1. The highest BCUT2D eigenvalue weighted by molar-refractivity contribution is 5.91. The second-order valence-electron chi connectivity index (χ2n) is 5.22. The maximum Gasteiger partial charge on any atom is 0.299 e. The molecule has 1 aromatic carbocycles. The average Bonchev–Trinajstić information content (AvgIpc) is 2.88. The van der Waals surface area contributed by atoms with E-state index in [9.17, 15) is 29.8 Å². The van der Waals surface area contributed by atoms with Gasteiger partial charge < -0.3 is 15.5 Å². The van der Waals surface area contributed by atoms with E-state index in [1.54, 1.807) is 6.92 Å². The molecule has 0 radical (unpaired) electrons. The van der Waals surface area contributed by atoms with Gasteiger partial charge in [0.05, 0.1) is 29.1 Å². The van der Waals surface area contributed by atoms with Crippen molar-refractivity contribution < 1.29 is 19.4 Å². The van der Waals surface area contributed by atoms with E-state index < -0.39 is 39.1 Å². The monoisotopic (exact) mass is 337 g/mol. The first-order valence-corrected chi connectivity index (χ1v) is 7.02. The number of nitrogens with two attached hydrogens (primary N) is 1. The Kier molecular flexibility index (Phi) is 4.62. The van der Waals surface area contributed by atoms with Gasteiger partial charge in [-0.2, -0.15) is 0 Å². The molecule has 0 spiro atoms. The minimum atomic E-state index is -0.806. The van der Waals surface area contributed by atoms with E-state index in [0.29, 0.717) is 6.42 Å². The van der Waals surface area contributed by atoms with E-state index in [4.69, 9.17) is 5.73 Å². The Morgan fingerprint density at radius 3 is 2.50 bits per heavy atom. The fourth-order valence-corrected chi connectivity index (χ4v) is 2.61. The molecule has 2 rings (SSSR count). The van der Waals surface area contributed by atoms with Gasteiger partial charge in [0, 0.05) is 6.07 Å². The van der Waals surface area contributed by atoms with E-state index in [0.717, 1.165) is 12.1 Å². The second kappa shape index (κ2) is 6.48. The summed E-state index contributed by atoms with van der Waals surface area (Å²) in [4.78, 5) is 46.7. The summed E-state index contributed by atoms with van der Waals surface area (Å²) >= 11 is 0. The van der Waals surface area contributed by atoms with Crippen molar-refractivity contribution in [1.29, 1.82) is 0 Å². The Hall–Kier alpha value is -3.24. The quantitative estimate of drug-likeness (QED) is 0.581. The van der Waals surface area contributed by atoms with Gasteiger partial charge >= 0.3 is 0 Å². The topological polar surface area (TPSA) is 153 Å². The number of anilines is 1. The lowest BCUT2D eigenvalue weighted by Crippen LogP contribution is -2.45. The predicted octanol–water partition coefficient (Wildman–Crippen LogP) is 0.373. The summed E-state index contributed by atoms with van der Waals surface area (Å²) in [5.41, 5.74) is 4.44. The third-order valence-corrected chi connectivity index (χ3v) is 3.77. The minimum absolute atomic E-state index is 0.0566. The first kappa shape index (κ1) is 17.1. The highest BCUT2D eigenvalue weighted by Gasteiger charge is 2.37. The SMILES string of the molecule is CC[C@@H](C(N)=O)N1CN(c2ccc([N+](=O)[O-])cc2[N+](=O)[O-])CC1=O. The molecule has 0 saturated carbocycles. The van der Waals surface area contributed by atoms with Crippen LogP contribution in [0.5, 0.6) is 0 Å². The number of nitrogens with zero attached hydrogens (tertiary/aromatic N) is 4. The van der Waals surface area contributed by atoms with Crippen LogP contribution in [0, 0.1) is 20.2 Å². The van der Waals surface area contributed by atoms with Crippen LogP contribution in [0.2, 0.25) is 0 Å². The highest BCUT2D eigenvalue weighted by atomic mass is 16.6. The van der Waals surface area contributed by atoms with Crippen molar-refractivity contribution >= 4 is 28.9 Å². The van der Waals surface area contributed by atoms with Crippen molar-refractivity contribution in [3.8, 4) is 0 Å². The molecule has 128 valence electrons. The number of amides is 2. The van der Waals surface area contributed by atoms with Gasteiger partial charge in [-0.15, -0.1) is 0 Å². The van der Waals surface area contributed by atoms with E-state index in [1.165, 1.54) is 15.9 Å². The Bertz CT molecular complexity index is 721. The largest absolute Gasteiger partial charge is 0.368 e. The molecule has 0 aliphatic carbocycles. The first-order valence-electron chi connectivity index (χ1n) is 7.02. The smallest absolute Gasteiger partial charge is 0.299 e. The van der Waals surface area contributed by atoms with Gasteiger partial charge in [-0.05, 0) is 12.5 Å². The van der Waals surface area contributed by atoms with Crippen LogP contribution >= 0.6 is 0 Å². The molecule has 11 nitrogen and oxygen atoms in total. The van der Waals surface area contributed by atoms with E-state index in [2.05, 4.69) is 0 Å². The summed E-state index contributed by atoms with van der Waals surface area (Å²) in [6, 6.07) is 2.38. The average molecular weight is 337 g/mol. The number of nitro groups is 2. The predicted molar refractivity (Wildman–Crippen MR) is 82.1 cm³/mol. The first-order chi connectivity index (χ1) is 11.3. The molecule has 24 heavy (non-hydrogen) atoms. The fraction of sp³-hybridized carbons (Fsp3) is 0.385. The molecule has 1 saturated heterocycles. The van der Waals surface area contributed by atoms with Crippen LogP contribution in [0.1, 0.15) is 13.3 Å². The zero-order valence-electron chi connectivity index (χ0n) is 12.7. The van der Waals surface area contributed by atoms with Crippen LogP contribution in [-0.2, 0) is 9.59 Å². The molecule has 11 heteroatoms. The Morgan fingerprint density at radius 1 is 1.33 bits per heavy atom. The van der Waals surface area contributed by atoms with Gasteiger partial charge in [-0.25, -0.2) is 0 Å². The Balaban J connectivity index is 2.36. The number of carbonyl (C=O) groups excluding carboxylic acids is 2. The molecule has 1 aliphatic rings. The molecule has 1 heterocycles. The molecule has 1 aromatic rings. The second-order valence-corrected chi connectivity index (χ2v) is 5.22. The lowest BCUT2D eigenvalue weighted by molar-refractivity contribution is -0.393. The van der Waals surface area contributed by atoms with E-state index in [1.807, 2.05) is 0 Å². The van der Waals surface area contributed by atoms with Gasteiger partial charge in [0.15, 0.2) is 0 Å². The molecular weight excluding hydrogens is 322 g/mol. The van der Waals surface area contributed by atoms with Crippen LogP contribution < -0.4 is 10.6 Å². The van der Waals surface area contributed by atoms with Crippen molar-refractivity contribution in [2.75, 3.05) is 18.1 Å². The number of rotatable bonds is 6. The third kappa shape index (κ3) is 3.09. The zero-order valence-corrected chi connectivity index (χ0v) is 12.7. The van der Waals surface area contributed by atoms with Crippen molar-refractivity contribution in [2.24, 2.45) is 5.73 Å². The summed E-state index contributed by atoms with van der Waals surface area (Å²) in [6.07, 6.45) is 0.317.